The summed E-state index contributed by atoms with van der Waals surface area (Å²) in [5, 5.41) is 8.01. The number of carbonyl (C=O) groups excluding carboxylic acids is 1. The standard InChI is InChI=1S/C4H4N2O/c5-3-6-2-1-4(6)7/h1-2H2. The number of nitriles is 1. The van der Waals surface area contributed by atoms with Crippen LogP contribution >= 0.6 is 0 Å². The van der Waals surface area contributed by atoms with Crippen LogP contribution in [0.3, 0.4) is 0 Å². The summed E-state index contributed by atoms with van der Waals surface area (Å²) in [4.78, 5) is 11.3. The number of β-lactam (4-membered cyclic amide) rings is 1. The molecule has 1 aliphatic rings. The van der Waals surface area contributed by atoms with E-state index in [2.05, 4.69) is 0 Å². The summed E-state index contributed by atoms with van der Waals surface area (Å²) in [5.41, 5.74) is 0. The molecule has 0 bridgehead atoms. The van der Waals surface area contributed by atoms with Crippen LogP contribution in [0.2, 0.25) is 0 Å². The number of hydrogen-bond donors (Lipinski definition) is 0. The average Bonchev–Trinajstić information content (AvgIpc) is 1.65. The van der Waals surface area contributed by atoms with Gasteiger partial charge in [0.25, 0.3) is 0 Å². The van der Waals surface area contributed by atoms with Crippen molar-refractivity contribution in [3.8, 4) is 6.19 Å². The molecule has 0 N–H and O–H groups in total. The van der Waals surface area contributed by atoms with E-state index in [4.69, 9.17) is 5.26 Å². The van der Waals surface area contributed by atoms with Crippen LogP contribution in [0.1, 0.15) is 6.42 Å². The molecule has 0 unspecified atom stereocenters. The smallest absolute Gasteiger partial charge is 0.237 e. The molecule has 1 rings (SSSR count). The van der Waals surface area contributed by atoms with Crippen molar-refractivity contribution >= 4 is 5.91 Å². The van der Waals surface area contributed by atoms with Crippen LogP contribution < -0.4 is 0 Å². The summed E-state index contributed by atoms with van der Waals surface area (Å²) >= 11 is 0. The summed E-state index contributed by atoms with van der Waals surface area (Å²) in [6.07, 6.45) is 2.28. The van der Waals surface area contributed by atoms with Crippen molar-refractivity contribution in [1.29, 1.82) is 5.26 Å². The lowest BCUT2D eigenvalue weighted by Crippen LogP contribution is -2.39. The zero-order valence-corrected chi connectivity index (χ0v) is 3.72. The third-order valence-electron chi connectivity index (χ3n) is 0.971. The number of likely N-dealkylation sites (tertiary alicyclic amines) is 1. The highest BCUT2D eigenvalue weighted by atomic mass is 16.2. The van der Waals surface area contributed by atoms with Gasteiger partial charge < -0.3 is 0 Å². The van der Waals surface area contributed by atoms with E-state index in [0.717, 1.165) is 4.90 Å². The molecule has 36 valence electrons. The van der Waals surface area contributed by atoms with Gasteiger partial charge in [-0.3, -0.25) is 4.79 Å². The number of carbonyl (C=O) groups is 1. The Morgan fingerprint density at radius 1 is 1.86 bits per heavy atom. The highest BCUT2D eigenvalue weighted by Gasteiger charge is 2.22. The Hall–Kier alpha value is -1.04. The molecule has 0 radical (unpaired) electrons. The van der Waals surface area contributed by atoms with Gasteiger partial charge in [0.1, 0.15) is 0 Å². The minimum Gasteiger partial charge on any atom is -0.274 e. The van der Waals surface area contributed by atoms with E-state index in [1.807, 2.05) is 0 Å². The lowest BCUT2D eigenvalue weighted by atomic mass is 10.2. The summed E-state index contributed by atoms with van der Waals surface area (Å²) in [5.74, 6) is -0.0532. The molecule has 0 atom stereocenters. The SMILES string of the molecule is N#CN1CCC1=O. The highest BCUT2D eigenvalue weighted by Crippen LogP contribution is 2.04. The molecule has 1 aliphatic heterocycles. The van der Waals surface area contributed by atoms with Gasteiger partial charge in [-0.2, -0.15) is 5.26 Å². The molecule has 0 aromatic heterocycles. The van der Waals surface area contributed by atoms with Gasteiger partial charge in [-0.15, -0.1) is 0 Å². The van der Waals surface area contributed by atoms with Gasteiger partial charge in [-0.25, -0.2) is 4.90 Å². The first-order valence-electron chi connectivity index (χ1n) is 2.04. The number of amides is 1. The van der Waals surface area contributed by atoms with Gasteiger partial charge >= 0.3 is 0 Å². The monoisotopic (exact) mass is 96.0 g/mol. The Labute approximate surface area is 41.1 Å². The molecular weight excluding hydrogens is 92.1 g/mol. The first kappa shape index (κ1) is 4.13. The maximum absolute atomic E-state index is 10.2. The predicted octanol–water partition coefficient (Wildman–Crippen LogP) is -0.300. The fourth-order valence-corrected chi connectivity index (χ4v) is 0.421. The van der Waals surface area contributed by atoms with Crippen LogP contribution in [0.15, 0.2) is 0 Å². The van der Waals surface area contributed by atoms with E-state index in [1.54, 1.807) is 6.19 Å². The van der Waals surface area contributed by atoms with Crippen LogP contribution in [-0.4, -0.2) is 17.4 Å². The molecule has 0 aromatic rings. The van der Waals surface area contributed by atoms with Crippen molar-refractivity contribution in [3.05, 3.63) is 0 Å². The van der Waals surface area contributed by atoms with E-state index in [-0.39, 0.29) is 5.91 Å². The summed E-state index contributed by atoms with van der Waals surface area (Å²) in [6, 6.07) is 0. The van der Waals surface area contributed by atoms with Gasteiger partial charge in [0.2, 0.25) is 5.91 Å². The van der Waals surface area contributed by atoms with E-state index >= 15 is 0 Å². The number of hydrogen-bond acceptors (Lipinski definition) is 2. The quantitative estimate of drug-likeness (QED) is 0.307. The Kier molecular flexibility index (Phi) is 0.724. The van der Waals surface area contributed by atoms with Gasteiger partial charge in [0.05, 0.1) is 0 Å². The minimum atomic E-state index is -0.0532. The van der Waals surface area contributed by atoms with Gasteiger partial charge in [-0.1, -0.05) is 0 Å². The number of rotatable bonds is 0. The predicted molar refractivity (Wildman–Crippen MR) is 21.9 cm³/mol. The van der Waals surface area contributed by atoms with Crippen LogP contribution in [0, 0.1) is 11.5 Å². The highest BCUT2D eigenvalue weighted by molar-refractivity contribution is 5.83. The molecule has 7 heavy (non-hydrogen) atoms. The molecule has 3 nitrogen and oxygen atoms in total. The number of nitrogens with zero attached hydrogens (tertiary/aromatic N) is 2. The first-order valence-corrected chi connectivity index (χ1v) is 2.04. The van der Waals surface area contributed by atoms with Gasteiger partial charge in [0.15, 0.2) is 6.19 Å². The second-order valence-corrected chi connectivity index (χ2v) is 1.40. The van der Waals surface area contributed by atoms with Gasteiger partial charge in [-0.05, 0) is 0 Å². The zero-order chi connectivity index (χ0) is 5.28. The van der Waals surface area contributed by atoms with Crippen molar-refractivity contribution in [1.82, 2.24) is 4.90 Å². The van der Waals surface area contributed by atoms with Crippen LogP contribution in [0.4, 0.5) is 0 Å². The van der Waals surface area contributed by atoms with Crippen molar-refractivity contribution in [3.63, 3.8) is 0 Å². The fourth-order valence-electron chi connectivity index (χ4n) is 0.421. The third kappa shape index (κ3) is 0.438. The van der Waals surface area contributed by atoms with Crippen molar-refractivity contribution in [2.75, 3.05) is 6.54 Å². The average molecular weight is 96.1 g/mol. The topological polar surface area (TPSA) is 44.1 Å². The Balaban J connectivity index is 2.48. The lowest BCUT2D eigenvalue weighted by molar-refractivity contribution is -0.135. The Morgan fingerprint density at radius 3 is 2.57 bits per heavy atom. The van der Waals surface area contributed by atoms with Crippen molar-refractivity contribution < 1.29 is 4.79 Å². The molecule has 0 aromatic carbocycles. The molecule has 3 heteroatoms. The summed E-state index contributed by atoms with van der Waals surface area (Å²) < 4.78 is 0. The molecule has 1 heterocycles. The van der Waals surface area contributed by atoms with E-state index < -0.39 is 0 Å². The first-order chi connectivity index (χ1) is 3.34. The normalized spacial score (nSPS) is 18.1. The third-order valence-corrected chi connectivity index (χ3v) is 0.971. The van der Waals surface area contributed by atoms with Crippen LogP contribution in [0.25, 0.3) is 0 Å². The molecule has 1 amide bonds. The van der Waals surface area contributed by atoms with Crippen molar-refractivity contribution in [2.24, 2.45) is 0 Å². The zero-order valence-electron chi connectivity index (χ0n) is 3.72. The van der Waals surface area contributed by atoms with Gasteiger partial charge in [0, 0.05) is 13.0 Å². The second-order valence-electron chi connectivity index (χ2n) is 1.40. The molecule has 1 saturated heterocycles. The maximum atomic E-state index is 10.2. The largest absolute Gasteiger partial charge is 0.274 e. The van der Waals surface area contributed by atoms with Crippen molar-refractivity contribution in [2.45, 2.75) is 6.42 Å². The van der Waals surface area contributed by atoms with E-state index in [9.17, 15) is 4.79 Å². The Morgan fingerprint density at radius 2 is 2.57 bits per heavy atom. The summed E-state index contributed by atoms with van der Waals surface area (Å²) in [6.45, 7) is 0.620. The molecule has 0 aliphatic carbocycles. The Bertz CT molecular complexity index is 135. The fraction of sp³-hybridized carbons (Fsp3) is 0.500. The van der Waals surface area contributed by atoms with Crippen LogP contribution in [0.5, 0.6) is 0 Å². The van der Waals surface area contributed by atoms with E-state index in [0.29, 0.717) is 13.0 Å². The maximum Gasteiger partial charge on any atom is 0.237 e. The molecular formula is C4H4N2O. The second kappa shape index (κ2) is 1.23. The van der Waals surface area contributed by atoms with E-state index in [1.165, 1.54) is 0 Å². The van der Waals surface area contributed by atoms with Crippen LogP contribution in [-0.2, 0) is 4.79 Å². The lowest BCUT2D eigenvalue weighted by Gasteiger charge is -2.20. The minimum absolute atomic E-state index is 0.0532. The molecule has 1 fully saturated rings. The molecule has 0 spiro atoms. The molecule has 0 saturated carbocycles. The summed E-state index contributed by atoms with van der Waals surface area (Å²) in [7, 11) is 0.